The van der Waals surface area contributed by atoms with Crippen LogP contribution in [0.5, 0.6) is 5.88 Å². The van der Waals surface area contributed by atoms with Gasteiger partial charge in [0.05, 0.1) is 0 Å². The molecule has 0 spiro atoms. The molecule has 106 valence electrons. The predicted octanol–water partition coefficient (Wildman–Crippen LogP) is 3.16. The van der Waals surface area contributed by atoms with E-state index in [0.717, 1.165) is 17.6 Å². The topological polar surface area (TPSA) is 54.6 Å². The highest BCUT2D eigenvalue weighted by molar-refractivity contribution is 5.59. The Bertz CT molecular complexity index is 729. The minimum Gasteiger partial charge on any atom is -0.493 e. The number of nitrogens with zero attached hydrogens (tertiary/aromatic N) is 2. The lowest BCUT2D eigenvalue weighted by Crippen LogP contribution is -2.18. The fourth-order valence-corrected chi connectivity index (χ4v) is 2.06. The minimum absolute atomic E-state index is 0.205. The molecule has 2 heterocycles. The van der Waals surface area contributed by atoms with E-state index in [1.807, 2.05) is 19.9 Å². The van der Waals surface area contributed by atoms with E-state index in [0.29, 0.717) is 11.6 Å². The Hall–Kier alpha value is -2.10. The largest absolute Gasteiger partial charge is 0.493 e. The molecular weight excluding hydrogens is 252 g/mol. The molecule has 2 aromatic heterocycles. The van der Waals surface area contributed by atoms with Gasteiger partial charge in [-0.25, -0.2) is 0 Å². The van der Waals surface area contributed by atoms with Crippen LogP contribution in [0.3, 0.4) is 0 Å². The van der Waals surface area contributed by atoms with Crippen LogP contribution in [0.15, 0.2) is 28.7 Å². The number of allylic oxidation sites excluding steroid dienone is 1. The molecular formula is C16H20N2O2. The summed E-state index contributed by atoms with van der Waals surface area (Å²) < 4.78 is 1.46. The summed E-state index contributed by atoms with van der Waals surface area (Å²) >= 11 is 0. The monoisotopic (exact) mass is 272 g/mol. The van der Waals surface area contributed by atoms with Crippen LogP contribution in [0, 0.1) is 12.8 Å². The van der Waals surface area contributed by atoms with Crippen molar-refractivity contribution in [1.82, 2.24) is 9.38 Å². The number of hydrogen-bond acceptors (Lipinski definition) is 3. The van der Waals surface area contributed by atoms with E-state index in [4.69, 9.17) is 0 Å². The Morgan fingerprint density at radius 3 is 2.90 bits per heavy atom. The van der Waals surface area contributed by atoms with Crippen molar-refractivity contribution in [3.63, 3.8) is 0 Å². The molecule has 2 aromatic rings. The average Bonchev–Trinajstić information content (AvgIpc) is 2.41. The van der Waals surface area contributed by atoms with E-state index >= 15 is 0 Å². The van der Waals surface area contributed by atoms with Gasteiger partial charge in [-0.2, -0.15) is 4.98 Å². The molecule has 2 rings (SSSR count). The molecule has 0 amide bonds. The molecule has 0 aliphatic heterocycles. The second kappa shape index (κ2) is 5.49. The second-order valence-corrected chi connectivity index (χ2v) is 5.28. The number of hydrogen-bond donors (Lipinski definition) is 1. The van der Waals surface area contributed by atoms with Gasteiger partial charge in [-0.1, -0.05) is 19.4 Å². The molecule has 4 nitrogen and oxygen atoms in total. The standard InChI is InChI=1S/C16H20N2O2/c1-5-11(3)12(4)9-13-15(19)17-14-8-10(2)6-7-18(14)16(13)20/h6-9,11,19H,5H2,1-4H3/b12-9+. The summed E-state index contributed by atoms with van der Waals surface area (Å²) in [6, 6.07) is 3.62. The predicted molar refractivity (Wildman–Crippen MR) is 81.0 cm³/mol. The van der Waals surface area contributed by atoms with Gasteiger partial charge < -0.3 is 5.11 Å². The van der Waals surface area contributed by atoms with Crippen LogP contribution in [0.1, 0.15) is 38.3 Å². The molecule has 20 heavy (non-hydrogen) atoms. The fraction of sp³-hybridized carbons (Fsp3) is 0.375. The van der Waals surface area contributed by atoms with Crippen molar-refractivity contribution < 1.29 is 5.11 Å². The smallest absolute Gasteiger partial charge is 0.269 e. The number of aromatic hydroxyl groups is 1. The van der Waals surface area contributed by atoms with Crippen molar-refractivity contribution in [2.75, 3.05) is 0 Å². The normalized spacial score (nSPS) is 13.7. The van der Waals surface area contributed by atoms with E-state index in [2.05, 4.69) is 18.8 Å². The van der Waals surface area contributed by atoms with Crippen LogP contribution >= 0.6 is 0 Å². The Kier molecular flexibility index (Phi) is 3.93. The summed E-state index contributed by atoms with van der Waals surface area (Å²) in [5, 5.41) is 10.0. The van der Waals surface area contributed by atoms with Gasteiger partial charge in [-0.3, -0.25) is 9.20 Å². The maximum Gasteiger partial charge on any atom is 0.269 e. The Balaban J connectivity index is 2.66. The zero-order valence-corrected chi connectivity index (χ0v) is 12.3. The summed E-state index contributed by atoms with van der Waals surface area (Å²) in [5.74, 6) is 0.163. The van der Waals surface area contributed by atoms with Crippen molar-refractivity contribution in [3.8, 4) is 5.88 Å². The van der Waals surface area contributed by atoms with E-state index in [-0.39, 0.29) is 17.0 Å². The first kappa shape index (κ1) is 14.3. The molecule has 0 aliphatic carbocycles. The summed E-state index contributed by atoms with van der Waals surface area (Å²) in [5.41, 5.74) is 2.54. The van der Waals surface area contributed by atoms with Crippen molar-refractivity contribution in [2.45, 2.75) is 34.1 Å². The first-order valence-electron chi connectivity index (χ1n) is 6.84. The molecule has 1 atom stereocenters. The van der Waals surface area contributed by atoms with Gasteiger partial charge in [0, 0.05) is 6.20 Å². The van der Waals surface area contributed by atoms with Gasteiger partial charge in [0.2, 0.25) is 5.88 Å². The SMILES string of the molecule is CCC(C)/C(C)=C/c1c(O)nc2cc(C)ccn2c1=O. The molecule has 0 aromatic carbocycles. The number of aromatic nitrogens is 2. The molecule has 0 saturated carbocycles. The quantitative estimate of drug-likeness (QED) is 0.933. The van der Waals surface area contributed by atoms with Crippen LogP contribution in [0.25, 0.3) is 11.7 Å². The summed E-state index contributed by atoms with van der Waals surface area (Å²) in [6.45, 7) is 8.08. The Morgan fingerprint density at radius 2 is 2.25 bits per heavy atom. The molecule has 1 unspecified atom stereocenters. The summed E-state index contributed by atoms with van der Waals surface area (Å²) in [7, 11) is 0. The van der Waals surface area contributed by atoms with Crippen molar-refractivity contribution in [2.24, 2.45) is 5.92 Å². The van der Waals surface area contributed by atoms with E-state index < -0.39 is 0 Å². The summed E-state index contributed by atoms with van der Waals surface area (Å²) in [6.07, 6.45) is 4.42. The molecule has 0 saturated heterocycles. The maximum absolute atomic E-state index is 12.4. The van der Waals surface area contributed by atoms with Crippen LogP contribution in [0.4, 0.5) is 0 Å². The highest BCUT2D eigenvalue weighted by Gasteiger charge is 2.11. The van der Waals surface area contributed by atoms with Crippen molar-refractivity contribution in [1.29, 1.82) is 0 Å². The number of aryl methyl sites for hydroxylation is 1. The minimum atomic E-state index is -0.241. The van der Waals surface area contributed by atoms with Gasteiger partial charge in [0.15, 0.2) is 0 Å². The first-order valence-corrected chi connectivity index (χ1v) is 6.84. The zero-order chi connectivity index (χ0) is 14.9. The van der Waals surface area contributed by atoms with Crippen LogP contribution < -0.4 is 5.56 Å². The van der Waals surface area contributed by atoms with Crippen molar-refractivity contribution >= 4 is 11.7 Å². The number of pyridine rings is 1. The summed E-state index contributed by atoms with van der Waals surface area (Å²) in [4.78, 5) is 16.5. The lowest BCUT2D eigenvalue weighted by molar-refractivity contribution is 0.451. The molecule has 4 heteroatoms. The highest BCUT2D eigenvalue weighted by atomic mass is 16.3. The number of fused-ring (bicyclic) bond motifs is 1. The molecule has 0 aliphatic rings. The van der Waals surface area contributed by atoms with E-state index in [1.54, 1.807) is 18.3 Å². The highest BCUT2D eigenvalue weighted by Crippen LogP contribution is 2.20. The maximum atomic E-state index is 12.4. The van der Waals surface area contributed by atoms with Crippen molar-refractivity contribution in [3.05, 3.63) is 45.4 Å². The average molecular weight is 272 g/mol. The Morgan fingerprint density at radius 1 is 1.55 bits per heavy atom. The number of rotatable bonds is 3. The van der Waals surface area contributed by atoms with E-state index in [1.165, 1.54) is 4.40 Å². The third-order valence-electron chi connectivity index (χ3n) is 3.76. The van der Waals surface area contributed by atoms with Gasteiger partial charge in [-0.05, 0) is 50.0 Å². The first-order chi connectivity index (χ1) is 9.43. The van der Waals surface area contributed by atoms with Gasteiger partial charge in [0.1, 0.15) is 11.2 Å². The van der Waals surface area contributed by atoms with Gasteiger partial charge >= 0.3 is 0 Å². The lowest BCUT2D eigenvalue weighted by Gasteiger charge is -2.10. The molecule has 1 N–H and O–H groups in total. The van der Waals surface area contributed by atoms with Crippen LogP contribution in [-0.4, -0.2) is 14.5 Å². The van der Waals surface area contributed by atoms with Crippen LogP contribution in [-0.2, 0) is 0 Å². The Labute approximate surface area is 118 Å². The van der Waals surface area contributed by atoms with Gasteiger partial charge in [-0.15, -0.1) is 0 Å². The fourth-order valence-electron chi connectivity index (χ4n) is 2.06. The molecule has 0 fully saturated rings. The van der Waals surface area contributed by atoms with Gasteiger partial charge in [0.25, 0.3) is 5.56 Å². The van der Waals surface area contributed by atoms with Crippen LogP contribution in [0.2, 0.25) is 0 Å². The zero-order valence-electron chi connectivity index (χ0n) is 12.3. The van der Waals surface area contributed by atoms with E-state index in [9.17, 15) is 9.90 Å². The molecule has 0 radical (unpaired) electrons. The third-order valence-corrected chi connectivity index (χ3v) is 3.76. The second-order valence-electron chi connectivity index (χ2n) is 5.28. The molecule has 0 bridgehead atoms. The lowest BCUT2D eigenvalue weighted by atomic mass is 9.98. The third kappa shape index (κ3) is 2.59.